The van der Waals surface area contributed by atoms with Gasteiger partial charge in [0.2, 0.25) is 0 Å². The number of esters is 1. The van der Waals surface area contributed by atoms with Crippen LogP contribution in [0, 0.1) is 11.3 Å². The number of ether oxygens (including phenoxy) is 1. The third kappa shape index (κ3) is 2.74. The SMILES string of the molecule is CCOC(=O)CN1C(=O)c2ccc(C(F)(F)F)cc2C1C#N. The van der Waals surface area contributed by atoms with Crippen LogP contribution >= 0.6 is 0 Å². The average molecular weight is 312 g/mol. The predicted octanol–water partition coefficient (Wildman–Crippen LogP) is 2.29. The minimum Gasteiger partial charge on any atom is -0.465 e. The molecule has 1 unspecified atom stereocenters. The lowest BCUT2D eigenvalue weighted by molar-refractivity contribution is -0.144. The van der Waals surface area contributed by atoms with Crippen molar-refractivity contribution in [1.82, 2.24) is 4.90 Å². The highest BCUT2D eigenvalue weighted by atomic mass is 19.4. The summed E-state index contributed by atoms with van der Waals surface area (Å²) in [7, 11) is 0. The first-order valence-corrected chi connectivity index (χ1v) is 6.37. The van der Waals surface area contributed by atoms with Gasteiger partial charge in [0.05, 0.1) is 18.2 Å². The number of hydrogen-bond donors (Lipinski definition) is 0. The molecule has 0 N–H and O–H groups in total. The van der Waals surface area contributed by atoms with Crippen LogP contribution in [0.15, 0.2) is 18.2 Å². The first-order chi connectivity index (χ1) is 10.3. The molecule has 0 aliphatic carbocycles. The van der Waals surface area contributed by atoms with E-state index in [1.807, 2.05) is 0 Å². The molecule has 0 aromatic heterocycles. The molecule has 0 bridgehead atoms. The second-order valence-corrected chi connectivity index (χ2v) is 4.57. The molecule has 1 aliphatic rings. The van der Waals surface area contributed by atoms with Gasteiger partial charge in [0.25, 0.3) is 5.91 Å². The molecule has 1 aliphatic heterocycles. The lowest BCUT2D eigenvalue weighted by Gasteiger charge is -2.18. The second kappa shape index (κ2) is 5.67. The Morgan fingerprint density at radius 2 is 2.14 bits per heavy atom. The first kappa shape index (κ1) is 15.8. The Morgan fingerprint density at radius 1 is 1.45 bits per heavy atom. The lowest BCUT2D eigenvalue weighted by atomic mass is 10.0. The molecule has 0 spiro atoms. The minimum atomic E-state index is -4.58. The van der Waals surface area contributed by atoms with E-state index in [1.165, 1.54) is 0 Å². The maximum atomic E-state index is 12.7. The van der Waals surface area contributed by atoms with Crippen LogP contribution in [0.2, 0.25) is 0 Å². The van der Waals surface area contributed by atoms with Crippen molar-refractivity contribution in [3.05, 3.63) is 34.9 Å². The molecule has 2 rings (SSSR count). The van der Waals surface area contributed by atoms with Crippen LogP contribution < -0.4 is 0 Å². The largest absolute Gasteiger partial charge is 0.465 e. The molecule has 0 saturated carbocycles. The fraction of sp³-hybridized carbons (Fsp3) is 0.357. The number of carbonyl (C=O) groups excluding carboxylic acids is 2. The summed E-state index contributed by atoms with van der Waals surface area (Å²) in [5.74, 6) is -1.39. The smallest absolute Gasteiger partial charge is 0.416 e. The van der Waals surface area contributed by atoms with Crippen molar-refractivity contribution in [1.29, 1.82) is 5.26 Å². The Morgan fingerprint density at radius 3 is 2.68 bits per heavy atom. The Bertz CT molecular complexity index is 664. The second-order valence-electron chi connectivity index (χ2n) is 4.57. The topological polar surface area (TPSA) is 70.4 Å². The van der Waals surface area contributed by atoms with Gasteiger partial charge in [0, 0.05) is 11.1 Å². The number of amides is 1. The monoisotopic (exact) mass is 312 g/mol. The number of nitriles is 1. The van der Waals surface area contributed by atoms with Gasteiger partial charge in [-0.15, -0.1) is 0 Å². The van der Waals surface area contributed by atoms with E-state index < -0.39 is 36.2 Å². The summed E-state index contributed by atoms with van der Waals surface area (Å²) >= 11 is 0. The molecular weight excluding hydrogens is 301 g/mol. The number of rotatable bonds is 3. The van der Waals surface area contributed by atoms with Crippen molar-refractivity contribution in [2.45, 2.75) is 19.1 Å². The van der Waals surface area contributed by atoms with Gasteiger partial charge in [-0.1, -0.05) is 0 Å². The van der Waals surface area contributed by atoms with E-state index in [0.717, 1.165) is 23.1 Å². The quantitative estimate of drug-likeness (QED) is 0.803. The zero-order valence-electron chi connectivity index (χ0n) is 11.5. The van der Waals surface area contributed by atoms with Crippen LogP contribution in [-0.4, -0.2) is 29.9 Å². The number of fused-ring (bicyclic) bond motifs is 1. The third-order valence-corrected chi connectivity index (χ3v) is 3.20. The van der Waals surface area contributed by atoms with Gasteiger partial charge in [0.1, 0.15) is 12.6 Å². The zero-order valence-corrected chi connectivity index (χ0v) is 11.5. The fourth-order valence-electron chi connectivity index (χ4n) is 2.25. The predicted molar refractivity (Wildman–Crippen MR) is 67.5 cm³/mol. The lowest BCUT2D eigenvalue weighted by Crippen LogP contribution is -2.33. The van der Waals surface area contributed by atoms with Crippen LogP contribution in [0.5, 0.6) is 0 Å². The molecule has 1 aromatic carbocycles. The highest BCUT2D eigenvalue weighted by molar-refractivity contribution is 6.01. The van der Waals surface area contributed by atoms with E-state index in [9.17, 15) is 22.8 Å². The van der Waals surface area contributed by atoms with Gasteiger partial charge >= 0.3 is 12.1 Å². The summed E-state index contributed by atoms with van der Waals surface area (Å²) < 4.78 is 42.9. The molecule has 1 aromatic rings. The Labute approximate surface area is 123 Å². The van der Waals surface area contributed by atoms with Crippen LogP contribution in [0.1, 0.15) is 34.5 Å². The van der Waals surface area contributed by atoms with Crippen molar-refractivity contribution in [2.24, 2.45) is 0 Å². The molecule has 1 atom stereocenters. The minimum absolute atomic E-state index is 0.0103. The van der Waals surface area contributed by atoms with Crippen molar-refractivity contribution in [3.8, 4) is 6.07 Å². The van der Waals surface area contributed by atoms with Gasteiger partial charge in [0.15, 0.2) is 0 Å². The molecule has 22 heavy (non-hydrogen) atoms. The molecule has 5 nitrogen and oxygen atoms in total. The number of carbonyl (C=O) groups is 2. The number of benzene rings is 1. The Kier molecular flexibility index (Phi) is 4.08. The summed E-state index contributed by atoms with van der Waals surface area (Å²) in [6, 6.07) is 3.09. The van der Waals surface area contributed by atoms with Gasteiger partial charge in [-0.3, -0.25) is 9.59 Å². The first-order valence-electron chi connectivity index (χ1n) is 6.37. The van der Waals surface area contributed by atoms with Gasteiger partial charge in [-0.2, -0.15) is 18.4 Å². The van der Waals surface area contributed by atoms with E-state index in [0.29, 0.717) is 0 Å². The molecular formula is C14H11F3N2O3. The van der Waals surface area contributed by atoms with Gasteiger partial charge in [-0.05, 0) is 25.1 Å². The Hall–Kier alpha value is -2.56. The van der Waals surface area contributed by atoms with Crippen LogP contribution in [0.3, 0.4) is 0 Å². The van der Waals surface area contributed by atoms with Crippen LogP contribution in [0.4, 0.5) is 13.2 Å². The maximum absolute atomic E-state index is 12.7. The van der Waals surface area contributed by atoms with E-state index >= 15 is 0 Å². The number of halogens is 3. The molecule has 1 amide bonds. The normalized spacial score (nSPS) is 17.1. The molecule has 1 heterocycles. The van der Waals surface area contributed by atoms with E-state index in [2.05, 4.69) is 0 Å². The van der Waals surface area contributed by atoms with Crippen molar-refractivity contribution >= 4 is 11.9 Å². The van der Waals surface area contributed by atoms with E-state index in [-0.39, 0.29) is 17.7 Å². The van der Waals surface area contributed by atoms with Crippen LogP contribution in [-0.2, 0) is 15.7 Å². The number of hydrogen-bond acceptors (Lipinski definition) is 4. The molecule has 116 valence electrons. The molecule has 8 heteroatoms. The number of nitrogens with zero attached hydrogens (tertiary/aromatic N) is 2. The summed E-state index contributed by atoms with van der Waals surface area (Å²) in [5.41, 5.74) is -1.01. The summed E-state index contributed by atoms with van der Waals surface area (Å²) in [5, 5.41) is 9.16. The van der Waals surface area contributed by atoms with E-state index in [4.69, 9.17) is 10.00 Å². The maximum Gasteiger partial charge on any atom is 0.416 e. The highest BCUT2D eigenvalue weighted by Gasteiger charge is 2.40. The van der Waals surface area contributed by atoms with Crippen molar-refractivity contribution in [2.75, 3.05) is 13.2 Å². The zero-order chi connectivity index (χ0) is 16.5. The van der Waals surface area contributed by atoms with Crippen LogP contribution in [0.25, 0.3) is 0 Å². The summed E-state index contributed by atoms with van der Waals surface area (Å²) in [6.07, 6.45) is -4.58. The van der Waals surface area contributed by atoms with Crippen molar-refractivity contribution < 1.29 is 27.5 Å². The van der Waals surface area contributed by atoms with Crippen molar-refractivity contribution in [3.63, 3.8) is 0 Å². The van der Waals surface area contributed by atoms with E-state index in [1.54, 1.807) is 13.0 Å². The highest BCUT2D eigenvalue weighted by Crippen LogP contribution is 2.37. The molecule has 0 radical (unpaired) electrons. The van der Waals surface area contributed by atoms with Gasteiger partial charge < -0.3 is 9.64 Å². The summed E-state index contributed by atoms with van der Waals surface area (Å²) in [4.78, 5) is 24.5. The molecule has 0 saturated heterocycles. The Balaban J connectivity index is 2.38. The molecule has 0 fully saturated rings. The fourth-order valence-corrected chi connectivity index (χ4v) is 2.25. The van der Waals surface area contributed by atoms with Gasteiger partial charge in [-0.25, -0.2) is 0 Å². The average Bonchev–Trinajstić information content (AvgIpc) is 2.70. The standard InChI is InChI=1S/C14H11F3N2O3/c1-2-22-12(20)7-19-11(6-18)10-5-8(14(15,16)17)3-4-9(10)13(19)21/h3-5,11H,2,7H2,1H3. The summed E-state index contributed by atoms with van der Waals surface area (Å²) in [6.45, 7) is 1.19. The third-order valence-electron chi connectivity index (χ3n) is 3.20. The number of alkyl halides is 3.